The van der Waals surface area contributed by atoms with Crippen molar-refractivity contribution in [2.75, 3.05) is 6.26 Å². The molecule has 0 fully saturated rings. The third-order valence-corrected chi connectivity index (χ3v) is 3.31. The summed E-state index contributed by atoms with van der Waals surface area (Å²) in [5.41, 5.74) is 7.19. The highest BCUT2D eigenvalue weighted by molar-refractivity contribution is 7.89. The Balaban J connectivity index is 0.00000361. The molecule has 0 saturated carbocycles. The Bertz CT molecular complexity index is 527. The van der Waals surface area contributed by atoms with Crippen LogP contribution in [0.4, 0.5) is 0 Å². The molecular formula is C13H21ClN2O3S. The summed E-state index contributed by atoms with van der Waals surface area (Å²) in [4.78, 5) is 11.4. The molecule has 0 saturated heterocycles. The topological polar surface area (TPSA) is 89.3 Å². The number of halogens is 1. The number of nitrogens with two attached hydrogens (primary N) is 1. The summed E-state index contributed by atoms with van der Waals surface area (Å²) in [5, 5.41) is 2.76. The van der Waals surface area contributed by atoms with Crippen molar-refractivity contribution < 1.29 is 13.2 Å². The van der Waals surface area contributed by atoms with Crippen molar-refractivity contribution in [3.63, 3.8) is 0 Å². The molecular weight excluding hydrogens is 300 g/mol. The number of sulfone groups is 1. The van der Waals surface area contributed by atoms with Crippen molar-refractivity contribution in [2.45, 2.75) is 31.7 Å². The predicted molar refractivity (Wildman–Crippen MR) is 82.4 cm³/mol. The van der Waals surface area contributed by atoms with E-state index in [4.69, 9.17) is 5.73 Å². The van der Waals surface area contributed by atoms with E-state index in [-0.39, 0.29) is 30.1 Å². The highest BCUT2D eigenvalue weighted by Gasteiger charge is 2.06. The zero-order valence-corrected chi connectivity index (χ0v) is 13.3. The second-order valence-corrected chi connectivity index (χ2v) is 6.98. The van der Waals surface area contributed by atoms with E-state index < -0.39 is 9.84 Å². The summed E-state index contributed by atoms with van der Waals surface area (Å²) < 4.78 is 22.3. The normalized spacial score (nSPS) is 12.3. The van der Waals surface area contributed by atoms with E-state index in [0.29, 0.717) is 13.0 Å². The lowest BCUT2D eigenvalue weighted by molar-refractivity contribution is -0.121. The molecule has 0 aliphatic heterocycles. The third kappa shape index (κ3) is 8.14. The average molecular weight is 321 g/mol. The fourth-order valence-electron chi connectivity index (χ4n) is 1.62. The van der Waals surface area contributed by atoms with Crippen LogP contribution in [0.15, 0.2) is 24.3 Å². The lowest BCUT2D eigenvalue weighted by Crippen LogP contribution is -2.29. The van der Waals surface area contributed by atoms with Crippen LogP contribution in [0.5, 0.6) is 0 Å². The van der Waals surface area contributed by atoms with Gasteiger partial charge in [0.25, 0.3) is 0 Å². The summed E-state index contributed by atoms with van der Waals surface area (Å²) in [6, 6.07) is 6.98. The molecule has 3 N–H and O–H groups in total. The first-order valence-corrected chi connectivity index (χ1v) is 8.10. The van der Waals surface area contributed by atoms with Gasteiger partial charge in [0.2, 0.25) is 5.91 Å². The number of carbonyl (C=O) groups is 1. The monoisotopic (exact) mass is 320 g/mol. The molecule has 0 aromatic heterocycles. The molecule has 0 heterocycles. The van der Waals surface area contributed by atoms with Crippen molar-refractivity contribution >= 4 is 28.2 Å². The molecule has 7 heteroatoms. The van der Waals surface area contributed by atoms with Gasteiger partial charge in [0.1, 0.15) is 0 Å². The van der Waals surface area contributed by atoms with Gasteiger partial charge in [-0.15, -0.1) is 12.4 Å². The average Bonchev–Trinajstić information content (AvgIpc) is 2.25. The molecule has 20 heavy (non-hydrogen) atoms. The molecule has 114 valence electrons. The highest BCUT2D eigenvalue weighted by atomic mass is 35.5. The van der Waals surface area contributed by atoms with Gasteiger partial charge in [0.05, 0.1) is 5.75 Å². The van der Waals surface area contributed by atoms with Crippen molar-refractivity contribution in [3.8, 4) is 0 Å². The molecule has 1 atom stereocenters. The quantitative estimate of drug-likeness (QED) is 0.818. The Morgan fingerprint density at radius 1 is 1.25 bits per heavy atom. The summed E-state index contributed by atoms with van der Waals surface area (Å²) in [5.74, 6) is -0.0557. The minimum atomic E-state index is -3.01. The number of hydrogen-bond acceptors (Lipinski definition) is 4. The van der Waals surface area contributed by atoms with Gasteiger partial charge in [-0.1, -0.05) is 24.3 Å². The number of rotatable bonds is 6. The lowest BCUT2D eigenvalue weighted by atomic mass is 10.1. The van der Waals surface area contributed by atoms with E-state index in [0.717, 1.165) is 11.1 Å². The SMILES string of the molecule is CC(N)CC(=O)NCc1ccc(CS(C)(=O)=O)cc1.Cl. The van der Waals surface area contributed by atoms with E-state index in [1.807, 2.05) is 12.1 Å². The minimum Gasteiger partial charge on any atom is -0.352 e. The fourth-order valence-corrected chi connectivity index (χ4v) is 2.42. The summed E-state index contributed by atoms with van der Waals surface area (Å²) in [6.45, 7) is 2.20. The van der Waals surface area contributed by atoms with Gasteiger partial charge in [-0.3, -0.25) is 4.79 Å². The van der Waals surface area contributed by atoms with E-state index in [1.54, 1.807) is 19.1 Å². The molecule has 5 nitrogen and oxygen atoms in total. The summed E-state index contributed by atoms with van der Waals surface area (Å²) in [7, 11) is -3.01. The number of amides is 1. The van der Waals surface area contributed by atoms with Crippen LogP contribution in [0.2, 0.25) is 0 Å². The second-order valence-electron chi connectivity index (χ2n) is 4.84. The molecule has 1 aromatic rings. The van der Waals surface area contributed by atoms with Gasteiger partial charge in [-0.2, -0.15) is 0 Å². The molecule has 0 radical (unpaired) electrons. The van der Waals surface area contributed by atoms with E-state index in [1.165, 1.54) is 6.26 Å². The van der Waals surface area contributed by atoms with Crippen LogP contribution in [-0.2, 0) is 26.9 Å². The van der Waals surface area contributed by atoms with Gasteiger partial charge < -0.3 is 11.1 Å². The van der Waals surface area contributed by atoms with E-state index in [2.05, 4.69) is 5.32 Å². The van der Waals surface area contributed by atoms with E-state index >= 15 is 0 Å². The van der Waals surface area contributed by atoms with Crippen molar-refractivity contribution in [2.24, 2.45) is 5.73 Å². The second kappa shape index (κ2) is 8.24. The van der Waals surface area contributed by atoms with Gasteiger partial charge >= 0.3 is 0 Å². The molecule has 1 aromatic carbocycles. The van der Waals surface area contributed by atoms with Gasteiger partial charge in [0, 0.05) is 25.3 Å². The Labute approximate surface area is 126 Å². The van der Waals surface area contributed by atoms with Crippen molar-refractivity contribution in [3.05, 3.63) is 35.4 Å². The van der Waals surface area contributed by atoms with Crippen molar-refractivity contribution in [1.82, 2.24) is 5.32 Å². The number of hydrogen-bond donors (Lipinski definition) is 2. The van der Waals surface area contributed by atoms with Gasteiger partial charge in [-0.05, 0) is 18.1 Å². The maximum atomic E-state index is 11.4. The maximum absolute atomic E-state index is 11.4. The molecule has 0 spiro atoms. The summed E-state index contributed by atoms with van der Waals surface area (Å²) in [6.07, 6.45) is 1.50. The Morgan fingerprint density at radius 3 is 2.20 bits per heavy atom. The first-order chi connectivity index (χ1) is 8.76. The first kappa shape index (κ1) is 18.9. The molecule has 0 aliphatic rings. The highest BCUT2D eigenvalue weighted by Crippen LogP contribution is 2.07. The van der Waals surface area contributed by atoms with E-state index in [9.17, 15) is 13.2 Å². The molecule has 0 aliphatic carbocycles. The molecule has 1 amide bonds. The van der Waals surface area contributed by atoms with Crippen LogP contribution in [0.3, 0.4) is 0 Å². The molecule has 0 bridgehead atoms. The zero-order chi connectivity index (χ0) is 14.5. The van der Waals surface area contributed by atoms with Crippen LogP contribution >= 0.6 is 12.4 Å². The van der Waals surface area contributed by atoms with Gasteiger partial charge in [-0.25, -0.2) is 8.42 Å². The third-order valence-electron chi connectivity index (χ3n) is 2.45. The number of benzene rings is 1. The Morgan fingerprint density at radius 2 is 1.75 bits per heavy atom. The number of carbonyl (C=O) groups excluding carboxylic acids is 1. The smallest absolute Gasteiger partial charge is 0.221 e. The lowest BCUT2D eigenvalue weighted by Gasteiger charge is -2.08. The Hall–Kier alpha value is -1.11. The minimum absolute atomic E-state index is 0. The standard InChI is InChI=1S/C13H20N2O3S.ClH/c1-10(14)7-13(16)15-8-11-3-5-12(6-4-11)9-19(2,17)18;/h3-6,10H,7-9,14H2,1-2H3,(H,15,16);1H. The predicted octanol–water partition coefficient (Wildman–Crippen LogP) is 1.01. The van der Waals surface area contributed by atoms with Gasteiger partial charge in [0.15, 0.2) is 9.84 Å². The van der Waals surface area contributed by atoms with Crippen LogP contribution in [0.1, 0.15) is 24.5 Å². The maximum Gasteiger partial charge on any atom is 0.221 e. The largest absolute Gasteiger partial charge is 0.352 e. The Kier molecular flexibility index (Phi) is 7.78. The summed E-state index contributed by atoms with van der Waals surface area (Å²) >= 11 is 0. The molecule has 1 rings (SSSR count). The first-order valence-electron chi connectivity index (χ1n) is 6.04. The van der Waals surface area contributed by atoms with Crippen molar-refractivity contribution in [1.29, 1.82) is 0 Å². The van der Waals surface area contributed by atoms with Crippen LogP contribution in [-0.4, -0.2) is 26.6 Å². The van der Waals surface area contributed by atoms with Crippen LogP contribution in [0.25, 0.3) is 0 Å². The number of nitrogens with one attached hydrogen (secondary N) is 1. The van der Waals surface area contributed by atoms with Crippen LogP contribution < -0.4 is 11.1 Å². The van der Waals surface area contributed by atoms with Crippen LogP contribution in [0, 0.1) is 0 Å². The fraction of sp³-hybridized carbons (Fsp3) is 0.462. The zero-order valence-electron chi connectivity index (χ0n) is 11.6. The molecule has 1 unspecified atom stereocenters.